The van der Waals surface area contributed by atoms with Crippen molar-refractivity contribution in [2.45, 2.75) is 96.0 Å². The van der Waals surface area contributed by atoms with Crippen LogP contribution in [0, 0.1) is 11.8 Å². The molecule has 7 heteroatoms. The highest BCUT2D eigenvalue weighted by atomic mass is 19.4. The van der Waals surface area contributed by atoms with Crippen molar-refractivity contribution in [3.63, 3.8) is 0 Å². The highest BCUT2D eigenvalue weighted by molar-refractivity contribution is 5.89. The van der Waals surface area contributed by atoms with E-state index in [0.29, 0.717) is 24.1 Å². The molecule has 2 aliphatic carbocycles. The van der Waals surface area contributed by atoms with Gasteiger partial charge in [-0.15, -0.1) is 0 Å². The molecule has 0 heterocycles. The van der Waals surface area contributed by atoms with Crippen molar-refractivity contribution in [3.8, 4) is 5.75 Å². The summed E-state index contributed by atoms with van der Waals surface area (Å²) in [6, 6.07) is 8.45. The Balaban J connectivity index is 1.55. The minimum Gasteiger partial charge on any atom is -0.490 e. The lowest BCUT2D eigenvalue weighted by Gasteiger charge is -2.30. The van der Waals surface area contributed by atoms with Gasteiger partial charge in [0.15, 0.2) is 0 Å². The van der Waals surface area contributed by atoms with Gasteiger partial charge in [-0.25, -0.2) is 0 Å². The van der Waals surface area contributed by atoms with Crippen LogP contribution in [0.2, 0.25) is 0 Å². The number of hydrogen-bond donors (Lipinski definition) is 2. The average molecular weight is 492 g/mol. The van der Waals surface area contributed by atoms with Crippen LogP contribution < -0.4 is 10.1 Å². The van der Waals surface area contributed by atoms with Crippen molar-refractivity contribution < 1.29 is 27.8 Å². The topological polar surface area (TPSA) is 58.6 Å². The quantitative estimate of drug-likeness (QED) is 0.421. The van der Waals surface area contributed by atoms with E-state index < -0.39 is 17.7 Å². The fourth-order valence-corrected chi connectivity index (χ4v) is 5.77. The van der Waals surface area contributed by atoms with Gasteiger partial charge in [0.2, 0.25) is 0 Å². The molecule has 192 valence electrons. The van der Waals surface area contributed by atoms with E-state index in [1.165, 1.54) is 6.07 Å². The monoisotopic (exact) mass is 491 g/mol. The van der Waals surface area contributed by atoms with E-state index in [1.54, 1.807) is 18.2 Å². The second kappa shape index (κ2) is 10.8. The zero-order chi connectivity index (χ0) is 25.2. The van der Waals surface area contributed by atoms with Crippen LogP contribution in [0.25, 0.3) is 10.8 Å². The Kier molecular flexibility index (Phi) is 7.94. The first-order valence-corrected chi connectivity index (χ1v) is 12.9. The number of hydrogen-bond acceptors (Lipinski definition) is 3. The normalized spacial score (nSPS) is 26.4. The first-order valence-electron chi connectivity index (χ1n) is 12.9. The maximum Gasteiger partial charge on any atom is 0.420 e. The van der Waals surface area contributed by atoms with Crippen molar-refractivity contribution in [1.82, 2.24) is 5.32 Å². The van der Waals surface area contributed by atoms with Gasteiger partial charge in [0.25, 0.3) is 0 Å². The molecular weight excluding hydrogens is 455 g/mol. The lowest BCUT2D eigenvalue weighted by Crippen LogP contribution is -2.36. The van der Waals surface area contributed by atoms with Crippen molar-refractivity contribution in [3.05, 3.63) is 41.5 Å². The SMILES string of the molecule is CCC1CCC(Oc2ccc3ccc(C(C)NC4CCC(C(=O)O)CC4)cc3c2C(F)(F)F)CC1. The van der Waals surface area contributed by atoms with E-state index in [0.717, 1.165) is 50.5 Å². The molecule has 0 radical (unpaired) electrons. The second-order valence-corrected chi connectivity index (χ2v) is 10.4. The summed E-state index contributed by atoms with van der Waals surface area (Å²) >= 11 is 0. The number of carboxylic acid groups (broad SMARTS) is 1. The number of nitrogens with one attached hydrogen (secondary N) is 1. The summed E-state index contributed by atoms with van der Waals surface area (Å²) < 4.78 is 48.9. The molecule has 4 rings (SSSR count). The maximum absolute atomic E-state index is 14.3. The molecule has 2 N–H and O–H groups in total. The number of carboxylic acids is 1. The molecule has 2 aliphatic rings. The minimum absolute atomic E-state index is 0.0743. The van der Waals surface area contributed by atoms with Gasteiger partial charge in [-0.2, -0.15) is 13.2 Å². The summed E-state index contributed by atoms with van der Waals surface area (Å²) in [6.07, 6.45) is 2.72. The van der Waals surface area contributed by atoms with Crippen LogP contribution in [0.3, 0.4) is 0 Å². The van der Waals surface area contributed by atoms with Crippen molar-refractivity contribution in [2.24, 2.45) is 11.8 Å². The van der Waals surface area contributed by atoms with Gasteiger partial charge >= 0.3 is 12.1 Å². The number of benzene rings is 2. The number of fused-ring (bicyclic) bond motifs is 1. The molecule has 0 bridgehead atoms. The Hall–Kier alpha value is -2.28. The van der Waals surface area contributed by atoms with Gasteiger partial charge in [-0.1, -0.05) is 31.5 Å². The van der Waals surface area contributed by atoms with E-state index >= 15 is 0 Å². The molecule has 35 heavy (non-hydrogen) atoms. The molecule has 1 atom stereocenters. The molecule has 2 aromatic carbocycles. The van der Waals surface area contributed by atoms with Crippen molar-refractivity contribution in [1.29, 1.82) is 0 Å². The summed E-state index contributed by atoms with van der Waals surface area (Å²) in [6.45, 7) is 4.11. The molecule has 1 unspecified atom stereocenters. The van der Waals surface area contributed by atoms with Crippen molar-refractivity contribution >= 4 is 16.7 Å². The lowest BCUT2D eigenvalue weighted by atomic mass is 9.85. The summed E-state index contributed by atoms with van der Waals surface area (Å²) in [5.74, 6) is -0.477. The number of ether oxygens (including phenoxy) is 1. The van der Waals surface area contributed by atoms with Crippen LogP contribution in [-0.2, 0) is 11.0 Å². The second-order valence-electron chi connectivity index (χ2n) is 10.4. The Morgan fingerprint density at radius 1 is 1.06 bits per heavy atom. The molecule has 0 amide bonds. The van der Waals surface area contributed by atoms with Gasteiger partial charge in [0.1, 0.15) is 11.3 Å². The number of alkyl halides is 3. The Morgan fingerprint density at radius 2 is 1.71 bits per heavy atom. The molecule has 0 aliphatic heterocycles. The third kappa shape index (κ3) is 6.11. The van der Waals surface area contributed by atoms with Crippen LogP contribution in [0.5, 0.6) is 5.75 Å². The number of halogens is 3. The van der Waals surface area contributed by atoms with Gasteiger partial charge in [0.05, 0.1) is 12.0 Å². The van der Waals surface area contributed by atoms with Crippen LogP contribution in [-0.4, -0.2) is 23.2 Å². The lowest BCUT2D eigenvalue weighted by molar-refractivity contribution is -0.143. The minimum atomic E-state index is -4.53. The molecule has 2 fully saturated rings. The highest BCUT2D eigenvalue weighted by Crippen LogP contribution is 2.43. The molecule has 0 saturated heterocycles. The molecule has 4 nitrogen and oxygen atoms in total. The van der Waals surface area contributed by atoms with Crippen LogP contribution in [0.1, 0.15) is 88.8 Å². The summed E-state index contributed by atoms with van der Waals surface area (Å²) in [5, 5.41) is 13.4. The predicted molar refractivity (Wildman–Crippen MR) is 131 cm³/mol. The standard InChI is InChI=1S/C28H36F3NO3/c1-3-18-4-13-23(14-5-18)35-25-15-10-19-6-7-21(16-24(19)26(25)28(29,30)31)17(2)32-22-11-8-20(9-12-22)27(33)34/h6-7,10,15-18,20,22-23,32H,3-5,8-9,11-14H2,1-2H3,(H,33,34). The summed E-state index contributed by atoms with van der Waals surface area (Å²) in [5.41, 5.74) is 0.0904. The zero-order valence-electron chi connectivity index (χ0n) is 20.5. The van der Waals surface area contributed by atoms with E-state index in [2.05, 4.69) is 12.2 Å². The van der Waals surface area contributed by atoms with E-state index in [1.807, 2.05) is 13.0 Å². The van der Waals surface area contributed by atoms with Gasteiger partial charge in [-0.3, -0.25) is 4.79 Å². The maximum atomic E-state index is 14.3. The number of rotatable bonds is 7. The summed E-state index contributed by atoms with van der Waals surface area (Å²) in [7, 11) is 0. The Labute approximate surface area is 205 Å². The van der Waals surface area contributed by atoms with Crippen molar-refractivity contribution in [2.75, 3.05) is 0 Å². The first-order chi connectivity index (χ1) is 16.7. The smallest absolute Gasteiger partial charge is 0.420 e. The Bertz CT molecular complexity index is 1020. The van der Waals surface area contributed by atoms with Crippen LogP contribution in [0.4, 0.5) is 13.2 Å². The van der Waals surface area contributed by atoms with Gasteiger partial charge in [-0.05, 0) is 92.7 Å². The predicted octanol–water partition coefficient (Wildman–Crippen LogP) is 7.50. The van der Waals surface area contributed by atoms with E-state index in [9.17, 15) is 23.1 Å². The average Bonchev–Trinajstić information content (AvgIpc) is 2.83. The Morgan fingerprint density at radius 3 is 2.31 bits per heavy atom. The third-order valence-electron chi connectivity index (χ3n) is 8.02. The summed E-state index contributed by atoms with van der Waals surface area (Å²) in [4.78, 5) is 11.2. The van der Waals surface area contributed by atoms with Gasteiger partial charge < -0.3 is 15.2 Å². The fraction of sp³-hybridized carbons (Fsp3) is 0.607. The van der Waals surface area contributed by atoms with E-state index in [-0.39, 0.29) is 35.2 Å². The van der Waals surface area contributed by atoms with Crippen LogP contribution >= 0.6 is 0 Å². The largest absolute Gasteiger partial charge is 0.490 e. The molecule has 2 saturated carbocycles. The molecule has 2 aromatic rings. The zero-order valence-corrected chi connectivity index (χ0v) is 20.5. The molecular formula is C28H36F3NO3. The first kappa shape index (κ1) is 25.8. The molecule has 0 aromatic heterocycles. The van der Waals surface area contributed by atoms with Gasteiger partial charge in [0, 0.05) is 12.1 Å². The number of aliphatic carboxylic acids is 1. The fourth-order valence-electron chi connectivity index (χ4n) is 5.77. The van der Waals surface area contributed by atoms with E-state index in [4.69, 9.17) is 4.74 Å². The number of carbonyl (C=O) groups is 1. The third-order valence-corrected chi connectivity index (χ3v) is 8.02. The molecule has 0 spiro atoms. The highest BCUT2D eigenvalue weighted by Gasteiger charge is 2.37. The van der Waals surface area contributed by atoms with Crippen LogP contribution in [0.15, 0.2) is 30.3 Å².